The van der Waals surface area contributed by atoms with Crippen LogP contribution >= 0.6 is 0 Å². The second-order valence-corrected chi connectivity index (χ2v) is 4.61. The summed E-state index contributed by atoms with van der Waals surface area (Å²) in [6.07, 6.45) is 0.801. The normalized spacial score (nSPS) is 12.7. The van der Waals surface area contributed by atoms with Crippen LogP contribution in [0.2, 0.25) is 0 Å². The van der Waals surface area contributed by atoms with Gasteiger partial charge in [0.1, 0.15) is 11.6 Å². The molecule has 1 aliphatic rings. The van der Waals surface area contributed by atoms with E-state index in [-0.39, 0.29) is 11.6 Å². The third-order valence-electron chi connectivity index (χ3n) is 3.21. The van der Waals surface area contributed by atoms with Gasteiger partial charge in [0, 0.05) is 12.0 Å². The van der Waals surface area contributed by atoms with Gasteiger partial charge in [-0.1, -0.05) is 0 Å². The first-order chi connectivity index (χ1) is 9.63. The summed E-state index contributed by atoms with van der Waals surface area (Å²) in [5.74, 6) is 0.107. The molecule has 2 aromatic carbocycles. The molecule has 0 saturated heterocycles. The van der Waals surface area contributed by atoms with E-state index < -0.39 is 5.82 Å². The van der Waals surface area contributed by atoms with Gasteiger partial charge in [-0.15, -0.1) is 0 Å². The maximum Gasteiger partial charge on any atom is 0.255 e. The number of nitrogen functional groups attached to an aromatic ring is 1. The summed E-state index contributed by atoms with van der Waals surface area (Å²) in [6.45, 7) is 0.644. The van der Waals surface area contributed by atoms with Crippen LogP contribution in [0.1, 0.15) is 15.9 Å². The van der Waals surface area contributed by atoms with Gasteiger partial charge < -0.3 is 15.8 Å². The third-order valence-corrected chi connectivity index (χ3v) is 3.21. The molecule has 4 nitrogen and oxygen atoms in total. The minimum absolute atomic E-state index is 0.197. The average Bonchev–Trinajstić information content (AvgIpc) is 2.89. The SMILES string of the molecule is Nc1cc(F)ccc1NC(=O)c1ccc2c(c1)CCO2. The number of ether oxygens (including phenoxy) is 1. The van der Waals surface area contributed by atoms with Gasteiger partial charge >= 0.3 is 0 Å². The molecular weight excluding hydrogens is 259 g/mol. The Morgan fingerprint density at radius 3 is 2.90 bits per heavy atom. The number of hydrogen-bond donors (Lipinski definition) is 2. The Kier molecular flexibility index (Phi) is 3.02. The van der Waals surface area contributed by atoms with Crippen molar-refractivity contribution < 1.29 is 13.9 Å². The summed E-state index contributed by atoms with van der Waals surface area (Å²) in [4.78, 5) is 12.1. The van der Waals surface area contributed by atoms with Crippen molar-refractivity contribution in [2.75, 3.05) is 17.7 Å². The molecule has 0 unspecified atom stereocenters. The van der Waals surface area contributed by atoms with Crippen LogP contribution in [0.3, 0.4) is 0 Å². The zero-order valence-electron chi connectivity index (χ0n) is 10.7. The van der Waals surface area contributed by atoms with Crippen LogP contribution in [0, 0.1) is 5.82 Å². The predicted molar refractivity (Wildman–Crippen MR) is 74.4 cm³/mol. The van der Waals surface area contributed by atoms with Gasteiger partial charge in [-0.2, -0.15) is 0 Å². The van der Waals surface area contributed by atoms with Gasteiger partial charge in [-0.3, -0.25) is 4.79 Å². The molecule has 102 valence electrons. The van der Waals surface area contributed by atoms with E-state index >= 15 is 0 Å². The van der Waals surface area contributed by atoms with E-state index in [0.717, 1.165) is 17.7 Å². The second kappa shape index (κ2) is 4.85. The molecule has 0 fully saturated rings. The number of carbonyl (C=O) groups excluding carboxylic acids is 1. The van der Waals surface area contributed by atoms with Crippen molar-refractivity contribution in [1.29, 1.82) is 0 Å². The molecule has 0 radical (unpaired) electrons. The Balaban J connectivity index is 1.82. The minimum atomic E-state index is -0.435. The molecule has 3 N–H and O–H groups in total. The van der Waals surface area contributed by atoms with Gasteiger partial charge in [0.2, 0.25) is 0 Å². The van der Waals surface area contributed by atoms with Crippen LogP contribution in [-0.2, 0) is 6.42 Å². The molecular formula is C15H13FN2O2. The third kappa shape index (κ3) is 2.30. The number of amides is 1. The van der Waals surface area contributed by atoms with Crippen LogP contribution in [0.25, 0.3) is 0 Å². The summed E-state index contributed by atoms with van der Waals surface area (Å²) >= 11 is 0. The lowest BCUT2D eigenvalue weighted by atomic mass is 10.1. The molecule has 0 spiro atoms. The lowest BCUT2D eigenvalue weighted by Crippen LogP contribution is -2.13. The number of fused-ring (bicyclic) bond motifs is 1. The maximum atomic E-state index is 13.0. The summed E-state index contributed by atoms with van der Waals surface area (Å²) < 4.78 is 18.3. The first kappa shape index (κ1) is 12.5. The molecule has 0 saturated carbocycles. The van der Waals surface area contributed by atoms with E-state index in [2.05, 4.69) is 5.32 Å². The molecule has 0 aliphatic carbocycles. The van der Waals surface area contributed by atoms with Crippen LogP contribution in [-0.4, -0.2) is 12.5 Å². The minimum Gasteiger partial charge on any atom is -0.493 e. The van der Waals surface area contributed by atoms with Gasteiger partial charge in [0.25, 0.3) is 5.91 Å². The van der Waals surface area contributed by atoms with E-state index in [1.165, 1.54) is 18.2 Å². The first-order valence-electron chi connectivity index (χ1n) is 6.25. The number of nitrogens with one attached hydrogen (secondary N) is 1. The van der Waals surface area contributed by atoms with Crippen molar-refractivity contribution in [3.05, 3.63) is 53.3 Å². The highest BCUT2D eigenvalue weighted by atomic mass is 19.1. The number of halogens is 1. The molecule has 20 heavy (non-hydrogen) atoms. The van der Waals surface area contributed by atoms with Crippen LogP contribution < -0.4 is 15.8 Å². The van der Waals surface area contributed by atoms with Gasteiger partial charge in [0.05, 0.1) is 18.0 Å². The average molecular weight is 272 g/mol. The topological polar surface area (TPSA) is 64.3 Å². The van der Waals surface area contributed by atoms with Gasteiger partial charge in [-0.25, -0.2) is 4.39 Å². The largest absolute Gasteiger partial charge is 0.493 e. The van der Waals surface area contributed by atoms with Gasteiger partial charge in [-0.05, 0) is 42.0 Å². The summed E-state index contributed by atoms with van der Waals surface area (Å²) in [6, 6.07) is 9.15. The van der Waals surface area contributed by atoms with E-state index in [0.29, 0.717) is 17.9 Å². The Bertz CT molecular complexity index is 686. The zero-order valence-corrected chi connectivity index (χ0v) is 10.7. The quantitative estimate of drug-likeness (QED) is 0.826. The number of anilines is 2. The number of rotatable bonds is 2. The Morgan fingerprint density at radius 1 is 1.25 bits per heavy atom. The monoisotopic (exact) mass is 272 g/mol. The highest BCUT2D eigenvalue weighted by Crippen LogP contribution is 2.26. The maximum absolute atomic E-state index is 13.0. The molecule has 1 heterocycles. The molecule has 0 atom stereocenters. The Morgan fingerprint density at radius 2 is 2.10 bits per heavy atom. The second-order valence-electron chi connectivity index (χ2n) is 4.61. The predicted octanol–water partition coefficient (Wildman–Crippen LogP) is 2.60. The van der Waals surface area contributed by atoms with Gasteiger partial charge in [0.15, 0.2) is 0 Å². The zero-order chi connectivity index (χ0) is 14.1. The smallest absolute Gasteiger partial charge is 0.255 e. The van der Waals surface area contributed by atoms with Crippen LogP contribution in [0.5, 0.6) is 5.75 Å². The fourth-order valence-electron chi connectivity index (χ4n) is 2.17. The highest BCUT2D eigenvalue weighted by molar-refractivity contribution is 6.05. The molecule has 3 rings (SSSR count). The van der Waals surface area contributed by atoms with E-state index in [4.69, 9.17) is 10.5 Å². The molecule has 1 amide bonds. The number of benzene rings is 2. The lowest BCUT2D eigenvalue weighted by Gasteiger charge is -2.09. The standard InChI is InChI=1S/C15H13FN2O2/c16-11-2-3-13(12(17)8-11)18-15(19)10-1-4-14-9(7-10)5-6-20-14/h1-4,7-8H,5-6,17H2,(H,18,19). The molecule has 5 heteroatoms. The highest BCUT2D eigenvalue weighted by Gasteiger charge is 2.15. The van der Waals surface area contributed by atoms with Crippen molar-refractivity contribution in [1.82, 2.24) is 0 Å². The molecule has 0 aromatic heterocycles. The fraction of sp³-hybridized carbons (Fsp3) is 0.133. The van der Waals surface area contributed by atoms with E-state index in [1.54, 1.807) is 18.2 Å². The van der Waals surface area contributed by atoms with Crippen LogP contribution in [0.15, 0.2) is 36.4 Å². The van der Waals surface area contributed by atoms with Crippen molar-refractivity contribution in [3.8, 4) is 5.75 Å². The summed E-state index contributed by atoms with van der Waals surface area (Å²) in [7, 11) is 0. The van der Waals surface area contributed by atoms with Crippen LogP contribution in [0.4, 0.5) is 15.8 Å². The summed E-state index contributed by atoms with van der Waals surface area (Å²) in [5.41, 5.74) is 7.80. The lowest BCUT2D eigenvalue weighted by molar-refractivity contribution is 0.102. The molecule has 2 aromatic rings. The molecule has 0 bridgehead atoms. The van der Waals surface area contributed by atoms with E-state index in [9.17, 15) is 9.18 Å². The summed E-state index contributed by atoms with van der Waals surface area (Å²) in [5, 5.41) is 2.67. The molecule has 1 aliphatic heterocycles. The van der Waals surface area contributed by atoms with Crippen molar-refractivity contribution in [3.63, 3.8) is 0 Å². The van der Waals surface area contributed by atoms with Crippen molar-refractivity contribution in [2.24, 2.45) is 0 Å². The van der Waals surface area contributed by atoms with E-state index in [1.807, 2.05) is 0 Å². The first-order valence-corrected chi connectivity index (χ1v) is 6.25. The number of hydrogen-bond acceptors (Lipinski definition) is 3. The Labute approximate surface area is 115 Å². The fourth-order valence-corrected chi connectivity index (χ4v) is 2.17. The number of carbonyl (C=O) groups is 1. The van der Waals surface area contributed by atoms with Crippen molar-refractivity contribution in [2.45, 2.75) is 6.42 Å². The van der Waals surface area contributed by atoms with Crippen molar-refractivity contribution >= 4 is 17.3 Å². The Hall–Kier alpha value is -2.56. The number of nitrogens with two attached hydrogens (primary N) is 1.